The van der Waals surface area contributed by atoms with E-state index >= 15 is 0 Å². The van der Waals surface area contributed by atoms with Gasteiger partial charge >= 0.3 is 12.1 Å². The molecule has 1 N–H and O–H groups in total. The standard InChI is InChI=1S/C18H23NO4/c1-5-18(2,3)12-11-15(16(20)22-4)19-17(21)23-13-14-9-7-6-8-10-14/h5-11H,1,12-13H2,2-4H3,(H,19,21)/b15-11+. The van der Waals surface area contributed by atoms with Crippen LogP contribution in [0.15, 0.2) is 54.8 Å². The van der Waals surface area contributed by atoms with Crippen molar-refractivity contribution in [2.75, 3.05) is 7.11 Å². The first-order chi connectivity index (χ1) is 10.9. The molecule has 23 heavy (non-hydrogen) atoms. The van der Waals surface area contributed by atoms with Crippen LogP contribution in [0.4, 0.5) is 4.79 Å². The van der Waals surface area contributed by atoms with Crippen LogP contribution in [-0.2, 0) is 20.9 Å². The van der Waals surface area contributed by atoms with Crippen LogP contribution in [0.1, 0.15) is 25.8 Å². The first kappa shape index (κ1) is 18.5. The van der Waals surface area contributed by atoms with Crippen LogP contribution in [0.5, 0.6) is 0 Å². The minimum absolute atomic E-state index is 0.0560. The number of hydrogen-bond acceptors (Lipinski definition) is 4. The van der Waals surface area contributed by atoms with E-state index in [1.54, 1.807) is 12.2 Å². The van der Waals surface area contributed by atoms with Gasteiger partial charge in [-0.2, -0.15) is 0 Å². The van der Waals surface area contributed by atoms with Crippen molar-refractivity contribution in [3.05, 3.63) is 60.3 Å². The Bertz CT molecular complexity index is 576. The van der Waals surface area contributed by atoms with Crippen molar-refractivity contribution < 1.29 is 19.1 Å². The highest BCUT2D eigenvalue weighted by atomic mass is 16.6. The third-order valence-electron chi connectivity index (χ3n) is 3.24. The Balaban J connectivity index is 2.66. The minimum atomic E-state index is -0.707. The van der Waals surface area contributed by atoms with Crippen molar-refractivity contribution in [3.63, 3.8) is 0 Å². The lowest BCUT2D eigenvalue weighted by molar-refractivity contribution is -0.136. The molecule has 0 fully saturated rings. The monoisotopic (exact) mass is 317 g/mol. The highest BCUT2D eigenvalue weighted by molar-refractivity contribution is 5.92. The van der Waals surface area contributed by atoms with Crippen molar-refractivity contribution in [1.29, 1.82) is 0 Å². The summed E-state index contributed by atoms with van der Waals surface area (Å²) in [6.45, 7) is 7.81. The molecule has 0 aliphatic carbocycles. The Kier molecular flexibility index (Phi) is 7.06. The van der Waals surface area contributed by atoms with Crippen LogP contribution in [0.3, 0.4) is 0 Å². The number of allylic oxidation sites excluding steroid dienone is 2. The van der Waals surface area contributed by atoms with Crippen molar-refractivity contribution in [1.82, 2.24) is 5.32 Å². The number of ether oxygens (including phenoxy) is 2. The van der Waals surface area contributed by atoms with Crippen LogP contribution in [-0.4, -0.2) is 19.2 Å². The van der Waals surface area contributed by atoms with Crippen LogP contribution >= 0.6 is 0 Å². The maximum atomic E-state index is 11.8. The largest absolute Gasteiger partial charge is 0.464 e. The molecule has 0 radical (unpaired) electrons. The molecule has 0 aliphatic rings. The molecule has 1 aromatic rings. The maximum Gasteiger partial charge on any atom is 0.412 e. The van der Waals surface area contributed by atoms with Crippen molar-refractivity contribution in [3.8, 4) is 0 Å². The summed E-state index contributed by atoms with van der Waals surface area (Å²) in [4.78, 5) is 23.6. The number of carbonyl (C=O) groups excluding carboxylic acids is 2. The molecule has 1 amide bonds. The molecule has 0 unspecified atom stereocenters. The second-order valence-electron chi connectivity index (χ2n) is 5.69. The van der Waals surface area contributed by atoms with Crippen molar-refractivity contribution in [2.24, 2.45) is 5.41 Å². The summed E-state index contributed by atoms with van der Waals surface area (Å²) in [5.74, 6) is -0.624. The smallest absolute Gasteiger partial charge is 0.412 e. The van der Waals surface area contributed by atoms with Gasteiger partial charge in [-0.25, -0.2) is 9.59 Å². The molecule has 0 saturated heterocycles. The molecule has 124 valence electrons. The van der Waals surface area contributed by atoms with Crippen LogP contribution < -0.4 is 5.32 Å². The maximum absolute atomic E-state index is 11.8. The summed E-state index contributed by atoms with van der Waals surface area (Å²) in [5, 5.41) is 2.43. The summed E-state index contributed by atoms with van der Waals surface area (Å²) in [6.07, 6.45) is 3.21. The SMILES string of the molecule is C=CC(C)(C)C/C=C(/NC(=O)OCc1ccccc1)C(=O)OC. The van der Waals surface area contributed by atoms with Gasteiger partial charge in [0.2, 0.25) is 0 Å². The molecule has 0 aromatic heterocycles. The third-order valence-corrected chi connectivity index (χ3v) is 3.24. The predicted molar refractivity (Wildman–Crippen MR) is 88.5 cm³/mol. The fraction of sp³-hybridized carbons (Fsp3) is 0.333. The van der Waals surface area contributed by atoms with Gasteiger partial charge in [-0.05, 0) is 17.4 Å². The number of methoxy groups -OCH3 is 1. The van der Waals surface area contributed by atoms with Crippen LogP contribution in [0.2, 0.25) is 0 Å². The van der Waals surface area contributed by atoms with Gasteiger partial charge in [0.15, 0.2) is 0 Å². The Hall–Kier alpha value is -2.56. The molecule has 0 atom stereocenters. The molecule has 0 aliphatic heterocycles. The Morgan fingerprint density at radius 1 is 1.26 bits per heavy atom. The summed E-state index contributed by atoms with van der Waals surface area (Å²) in [6, 6.07) is 9.28. The number of nitrogens with one attached hydrogen (secondary N) is 1. The fourth-order valence-electron chi connectivity index (χ4n) is 1.61. The lowest BCUT2D eigenvalue weighted by atomic mass is 9.89. The van der Waals surface area contributed by atoms with Gasteiger partial charge in [-0.3, -0.25) is 5.32 Å². The zero-order valence-electron chi connectivity index (χ0n) is 13.8. The Morgan fingerprint density at radius 3 is 2.48 bits per heavy atom. The highest BCUT2D eigenvalue weighted by Crippen LogP contribution is 2.22. The van der Waals surface area contributed by atoms with Gasteiger partial charge in [0, 0.05) is 0 Å². The average molecular weight is 317 g/mol. The van der Waals surface area contributed by atoms with E-state index in [4.69, 9.17) is 4.74 Å². The van der Waals surface area contributed by atoms with E-state index < -0.39 is 12.1 Å². The molecule has 1 aromatic carbocycles. The Morgan fingerprint density at radius 2 is 1.91 bits per heavy atom. The summed E-state index contributed by atoms with van der Waals surface area (Å²) >= 11 is 0. The second-order valence-corrected chi connectivity index (χ2v) is 5.69. The summed E-state index contributed by atoms with van der Waals surface area (Å²) < 4.78 is 9.76. The van der Waals surface area contributed by atoms with E-state index in [0.717, 1.165) is 5.56 Å². The van der Waals surface area contributed by atoms with E-state index in [1.807, 2.05) is 44.2 Å². The number of benzene rings is 1. The first-order valence-corrected chi connectivity index (χ1v) is 7.28. The molecule has 5 nitrogen and oxygen atoms in total. The van der Waals surface area contributed by atoms with Gasteiger partial charge in [0.05, 0.1) is 7.11 Å². The van der Waals surface area contributed by atoms with E-state index in [9.17, 15) is 9.59 Å². The second kappa shape index (κ2) is 8.78. The summed E-state index contributed by atoms with van der Waals surface area (Å²) in [7, 11) is 1.26. The van der Waals surface area contributed by atoms with Crippen molar-refractivity contribution in [2.45, 2.75) is 26.9 Å². The van der Waals surface area contributed by atoms with Crippen molar-refractivity contribution >= 4 is 12.1 Å². The van der Waals surface area contributed by atoms with E-state index in [1.165, 1.54) is 7.11 Å². The van der Waals surface area contributed by atoms with Gasteiger partial charge < -0.3 is 9.47 Å². The van der Waals surface area contributed by atoms with E-state index in [0.29, 0.717) is 6.42 Å². The minimum Gasteiger partial charge on any atom is -0.464 e. The zero-order chi connectivity index (χ0) is 17.3. The number of alkyl carbamates (subject to hydrolysis) is 1. The van der Waals surface area contributed by atoms with Gasteiger partial charge in [0.25, 0.3) is 0 Å². The lowest BCUT2D eigenvalue weighted by Crippen LogP contribution is -2.29. The number of carbonyl (C=O) groups is 2. The quantitative estimate of drug-likeness (QED) is 0.474. The summed E-state index contributed by atoms with van der Waals surface area (Å²) in [5.41, 5.74) is 0.717. The first-order valence-electron chi connectivity index (χ1n) is 7.28. The zero-order valence-corrected chi connectivity index (χ0v) is 13.8. The molecule has 5 heteroatoms. The average Bonchev–Trinajstić information content (AvgIpc) is 2.57. The normalized spacial score (nSPS) is 11.5. The van der Waals surface area contributed by atoms with Crippen LogP contribution in [0, 0.1) is 5.41 Å². The fourth-order valence-corrected chi connectivity index (χ4v) is 1.61. The number of hydrogen-bond donors (Lipinski definition) is 1. The number of amides is 1. The number of rotatable bonds is 7. The third kappa shape index (κ3) is 6.82. The number of esters is 1. The molecule has 1 rings (SSSR count). The molecule has 0 heterocycles. The van der Waals surface area contributed by atoms with Gasteiger partial charge in [0.1, 0.15) is 12.3 Å². The molecule has 0 saturated carbocycles. The Labute approximate surface area is 137 Å². The van der Waals surface area contributed by atoms with Crippen LogP contribution in [0.25, 0.3) is 0 Å². The van der Waals surface area contributed by atoms with E-state index in [2.05, 4.69) is 16.6 Å². The van der Waals surface area contributed by atoms with E-state index in [-0.39, 0.29) is 17.7 Å². The molecule has 0 bridgehead atoms. The highest BCUT2D eigenvalue weighted by Gasteiger charge is 2.17. The van der Waals surface area contributed by atoms with Gasteiger partial charge in [-0.15, -0.1) is 6.58 Å². The molecule has 0 spiro atoms. The van der Waals surface area contributed by atoms with Gasteiger partial charge in [-0.1, -0.05) is 56.3 Å². The molecular weight excluding hydrogens is 294 g/mol. The molecular formula is C18H23NO4. The predicted octanol–water partition coefficient (Wildman–Crippen LogP) is 3.57. The lowest BCUT2D eigenvalue weighted by Gasteiger charge is -2.17. The topological polar surface area (TPSA) is 64.6 Å².